The van der Waals surface area contributed by atoms with Gasteiger partial charge in [-0.05, 0) is 77.0 Å². The van der Waals surface area contributed by atoms with E-state index in [0.717, 1.165) is 89.9 Å². The highest BCUT2D eigenvalue weighted by molar-refractivity contribution is 5.71. The van der Waals surface area contributed by atoms with E-state index in [9.17, 15) is 14.4 Å². The lowest BCUT2D eigenvalue weighted by Crippen LogP contribution is -2.30. The molecule has 450 valence electrons. The second-order valence-electron chi connectivity index (χ2n) is 23.1. The Morgan fingerprint density at radius 3 is 0.844 bits per heavy atom. The van der Waals surface area contributed by atoms with Crippen molar-refractivity contribution in [2.45, 2.75) is 374 Å². The number of esters is 3. The standard InChI is InChI=1S/C71H130O6/c1-4-7-10-13-16-19-22-25-26-27-28-29-30-31-32-33-34-35-36-37-38-39-40-41-42-43-44-45-47-49-52-55-58-61-64-70(73)76-67-68(66-75-69(72)63-60-57-54-51-48-24-21-18-15-12-9-6-3)77-71(74)65-62-59-56-53-50-46-23-20-17-14-11-8-5-2/h8,11,17-18,20-21,46,50,68H,4-7,9-10,12-16,19,22-45,47-49,51-67H2,1-3H3/b11-8-,20-17-,21-18-,50-46-. The molecule has 0 radical (unpaired) electrons. The van der Waals surface area contributed by atoms with Crippen LogP contribution < -0.4 is 0 Å². The molecule has 6 heteroatoms. The van der Waals surface area contributed by atoms with Crippen LogP contribution in [-0.4, -0.2) is 37.2 Å². The van der Waals surface area contributed by atoms with Gasteiger partial charge in [-0.2, -0.15) is 0 Å². The molecule has 0 fully saturated rings. The van der Waals surface area contributed by atoms with Crippen molar-refractivity contribution >= 4 is 17.9 Å². The van der Waals surface area contributed by atoms with E-state index in [2.05, 4.69) is 69.4 Å². The van der Waals surface area contributed by atoms with Crippen LogP contribution in [0, 0.1) is 0 Å². The number of carbonyl (C=O) groups is 3. The Kier molecular flexibility index (Phi) is 63.6. The summed E-state index contributed by atoms with van der Waals surface area (Å²) in [6.07, 6.45) is 83.2. The van der Waals surface area contributed by atoms with Crippen molar-refractivity contribution in [3.8, 4) is 0 Å². The fourth-order valence-electron chi connectivity index (χ4n) is 10.2. The number of hydrogen-bond acceptors (Lipinski definition) is 6. The van der Waals surface area contributed by atoms with Crippen molar-refractivity contribution in [3.05, 3.63) is 48.6 Å². The van der Waals surface area contributed by atoms with E-state index in [4.69, 9.17) is 14.2 Å². The van der Waals surface area contributed by atoms with E-state index in [1.54, 1.807) is 0 Å². The number of ether oxygens (including phenoxy) is 3. The molecule has 0 saturated heterocycles. The fourth-order valence-corrected chi connectivity index (χ4v) is 10.2. The lowest BCUT2D eigenvalue weighted by Gasteiger charge is -2.18. The first kappa shape index (κ1) is 74.4. The lowest BCUT2D eigenvalue weighted by atomic mass is 10.0. The van der Waals surface area contributed by atoms with E-state index in [1.807, 2.05) is 0 Å². The van der Waals surface area contributed by atoms with Gasteiger partial charge in [-0.3, -0.25) is 14.4 Å². The molecule has 1 unspecified atom stereocenters. The third kappa shape index (κ3) is 64.1. The predicted octanol–water partition coefficient (Wildman–Crippen LogP) is 23.3. The molecule has 0 aromatic rings. The molecule has 0 aliphatic heterocycles. The van der Waals surface area contributed by atoms with Gasteiger partial charge in [0.1, 0.15) is 13.2 Å². The van der Waals surface area contributed by atoms with Crippen LogP contribution in [0.25, 0.3) is 0 Å². The molecule has 0 N–H and O–H groups in total. The molecule has 0 heterocycles. The highest BCUT2D eigenvalue weighted by Crippen LogP contribution is 2.18. The number of allylic oxidation sites excluding steroid dienone is 8. The summed E-state index contributed by atoms with van der Waals surface area (Å²) < 4.78 is 16.9. The molecular weight excluding hydrogens is 949 g/mol. The molecule has 0 spiro atoms. The minimum atomic E-state index is -0.790. The molecule has 6 nitrogen and oxygen atoms in total. The smallest absolute Gasteiger partial charge is 0.306 e. The Morgan fingerprint density at radius 1 is 0.273 bits per heavy atom. The average molecular weight is 1080 g/mol. The zero-order valence-electron chi connectivity index (χ0n) is 51.7. The van der Waals surface area contributed by atoms with Gasteiger partial charge < -0.3 is 14.2 Å². The molecule has 0 bridgehead atoms. The normalized spacial score (nSPS) is 12.3. The van der Waals surface area contributed by atoms with Crippen molar-refractivity contribution in [3.63, 3.8) is 0 Å². The second-order valence-corrected chi connectivity index (χ2v) is 23.1. The summed E-state index contributed by atoms with van der Waals surface area (Å²) in [4.78, 5) is 38.2. The van der Waals surface area contributed by atoms with E-state index < -0.39 is 6.10 Å². The van der Waals surface area contributed by atoms with Gasteiger partial charge in [0.05, 0.1) is 0 Å². The van der Waals surface area contributed by atoms with E-state index >= 15 is 0 Å². The Hall–Kier alpha value is -2.63. The maximum atomic E-state index is 12.8. The molecule has 0 rings (SSSR count). The summed E-state index contributed by atoms with van der Waals surface area (Å²) in [5.74, 6) is -0.907. The topological polar surface area (TPSA) is 78.9 Å². The number of unbranched alkanes of at least 4 members (excludes halogenated alkanes) is 44. The van der Waals surface area contributed by atoms with Gasteiger partial charge in [0, 0.05) is 19.3 Å². The summed E-state index contributed by atoms with van der Waals surface area (Å²) in [5.41, 5.74) is 0. The van der Waals surface area contributed by atoms with Crippen LogP contribution >= 0.6 is 0 Å². The van der Waals surface area contributed by atoms with Crippen molar-refractivity contribution in [1.29, 1.82) is 0 Å². The molecule has 0 saturated carbocycles. The largest absolute Gasteiger partial charge is 0.462 e. The summed E-state index contributed by atoms with van der Waals surface area (Å²) in [6, 6.07) is 0. The zero-order valence-corrected chi connectivity index (χ0v) is 51.7. The quantitative estimate of drug-likeness (QED) is 0.0261. The van der Waals surface area contributed by atoms with Crippen molar-refractivity contribution in [2.75, 3.05) is 13.2 Å². The summed E-state index contributed by atoms with van der Waals surface area (Å²) in [6.45, 7) is 6.52. The van der Waals surface area contributed by atoms with Gasteiger partial charge in [0.2, 0.25) is 0 Å². The van der Waals surface area contributed by atoms with Gasteiger partial charge in [0.15, 0.2) is 6.10 Å². The minimum absolute atomic E-state index is 0.0846. The Bertz CT molecular complexity index is 1330. The summed E-state index contributed by atoms with van der Waals surface area (Å²) >= 11 is 0. The van der Waals surface area contributed by atoms with Crippen molar-refractivity contribution < 1.29 is 28.6 Å². The maximum Gasteiger partial charge on any atom is 0.306 e. The summed E-state index contributed by atoms with van der Waals surface area (Å²) in [7, 11) is 0. The molecule has 1 atom stereocenters. The van der Waals surface area contributed by atoms with Crippen LogP contribution in [0.4, 0.5) is 0 Å². The first-order chi connectivity index (χ1) is 38.0. The minimum Gasteiger partial charge on any atom is -0.462 e. The highest BCUT2D eigenvalue weighted by Gasteiger charge is 2.19. The van der Waals surface area contributed by atoms with E-state index in [1.165, 1.54) is 238 Å². The van der Waals surface area contributed by atoms with Crippen molar-refractivity contribution in [1.82, 2.24) is 0 Å². The molecule has 0 aromatic heterocycles. The molecule has 77 heavy (non-hydrogen) atoms. The number of hydrogen-bond donors (Lipinski definition) is 0. The van der Waals surface area contributed by atoms with Gasteiger partial charge in [0.25, 0.3) is 0 Å². The van der Waals surface area contributed by atoms with E-state index in [-0.39, 0.29) is 31.1 Å². The maximum absolute atomic E-state index is 12.8. The molecule has 0 amide bonds. The summed E-state index contributed by atoms with van der Waals surface area (Å²) in [5, 5.41) is 0. The fraction of sp³-hybridized carbons (Fsp3) is 0.845. The molecule has 0 aliphatic carbocycles. The Balaban J connectivity index is 4.02. The van der Waals surface area contributed by atoms with Gasteiger partial charge in [-0.1, -0.05) is 320 Å². The highest BCUT2D eigenvalue weighted by atomic mass is 16.6. The van der Waals surface area contributed by atoms with Crippen LogP contribution in [0.15, 0.2) is 48.6 Å². The average Bonchev–Trinajstić information content (AvgIpc) is 3.43. The Morgan fingerprint density at radius 2 is 0.506 bits per heavy atom. The lowest BCUT2D eigenvalue weighted by molar-refractivity contribution is -0.167. The van der Waals surface area contributed by atoms with Crippen LogP contribution in [0.5, 0.6) is 0 Å². The predicted molar refractivity (Wildman–Crippen MR) is 335 cm³/mol. The first-order valence-corrected chi connectivity index (χ1v) is 34.1. The van der Waals surface area contributed by atoms with Gasteiger partial charge in [-0.15, -0.1) is 0 Å². The van der Waals surface area contributed by atoms with Gasteiger partial charge in [-0.25, -0.2) is 0 Å². The van der Waals surface area contributed by atoms with Crippen LogP contribution in [0.3, 0.4) is 0 Å². The number of rotatable bonds is 63. The number of carbonyl (C=O) groups excluding carboxylic acids is 3. The Labute approximate surface area is 479 Å². The monoisotopic (exact) mass is 1080 g/mol. The van der Waals surface area contributed by atoms with Crippen molar-refractivity contribution in [2.24, 2.45) is 0 Å². The van der Waals surface area contributed by atoms with E-state index in [0.29, 0.717) is 19.3 Å². The van der Waals surface area contributed by atoms with Crippen LogP contribution in [-0.2, 0) is 28.6 Å². The first-order valence-electron chi connectivity index (χ1n) is 34.1. The zero-order chi connectivity index (χ0) is 55.7. The van der Waals surface area contributed by atoms with Crippen LogP contribution in [0.2, 0.25) is 0 Å². The SMILES string of the molecule is CC/C=C\C/C=C\C/C=C\CCCCCC(=O)OC(COC(=O)CCCCCCC/C=C\CCCCC)COC(=O)CCCCCCCCCCCCCCCCCCCCCCCCCCCCCCCCCCCC. The third-order valence-electron chi connectivity index (χ3n) is 15.3. The second kappa shape index (κ2) is 65.9. The van der Waals surface area contributed by atoms with Gasteiger partial charge >= 0.3 is 17.9 Å². The molecular formula is C71H130O6. The molecule has 0 aromatic carbocycles. The van der Waals surface area contributed by atoms with Crippen LogP contribution in [0.1, 0.15) is 367 Å². The third-order valence-corrected chi connectivity index (χ3v) is 15.3. The molecule has 0 aliphatic rings.